The second kappa shape index (κ2) is 4.89. The highest BCUT2D eigenvalue weighted by atomic mass is 16.1. The third-order valence-corrected chi connectivity index (χ3v) is 3.49. The summed E-state index contributed by atoms with van der Waals surface area (Å²) in [6.07, 6.45) is 8.30. The molecule has 0 amide bonds. The highest BCUT2D eigenvalue weighted by Crippen LogP contribution is 2.19. The van der Waals surface area contributed by atoms with Crippen molar-refractivity contribution in [2.75, 3.05) is 0 Å². The van der Waals surface area contributed by atoms with Gasteiger partial charge in [-0.2, -0.15) is 0 Å². The number of H-pyrrole nitrogens is 1. The van der Waals surface area contributed by atoms with Gasteiger partial charge in [-0.25, -0.2) is 0 Å². The van der Waals surface area contributed by atoms with Crippen molar-refractivity contribution in [3.63, 3.8) is 0 Å². The molecule has 1 aromatic rings. The maximum atomic E-state index is 11.9. The molecular formula is C13H22N2O. The van der Waals surface area contributed by atoms with Crippen molar-refractivity contribution >= 4 is 0 Å². The van der Waals surface area contributed by atoms with Gasteiger partial charge in [0.25, 0.3) is 5.56 Å². The van der Waals surface area contributed by atoms with Crippen LogP contribution >= 0.6 is 0 Å². The standard InChI is InChI=1S/C13H22N2O/c1-10(2)15-12-9-7-5-3-4-6-8-11(12)13(16)14-15/h10H,3-9H2,1-2H3,(H,14,16). The molecule has 1 aliphatic rings. The molecule has 3 heteroatoms. The molecule has 0 unspecified atom stereocenters. The maximum absolute atomic E-state index is 11.9. The molecule has 0 spiro atoms. The molecule has 90 valence electrons. The average Bonchev–Trinajstić information content (AvgIpc) is 2.60. The molecule has 0 aliphatic heterocycles. The van der Waals surface area contributed by atoms with Gasteiger partial charge in [-0.3, -0.25) is 14.6 Å². The predicted molar refractivity (Wildman–Crippen MR) is 65.9 cm³/mol. The van der Waals surface area contributed by atoms with Crippen LogP contribution < -0.4 is 5.56 Å². The predicted octanol–water partition coefficient (Wildman–Crippen LogP) is 2.81. The summed E-state index contributed by atoms with van der Waals surface area (Å²) < 4.78 is 2.07. The van der Waals surface area contributed by atoms with Crippen LogP contribution in [0.1, 0.15) is 63.3 Å². The first kappa shape index (κ1) is 11.5. The van der Waals surface area contributed by atoms with E-state index < -0.39 is 0 Å². The van der Waals surface area contributed by atoms with Crippen molar-refractivity contribution in [3.8, 4) is 0 Å². The van der Waals surface area contributed by atoms with Crippen LogP contribution in [0.15, 0.2) is 4.79 Å². The van der Waals surface area contributed by atoms with Gasteiger partial charge in [0.15, 0.2) is 0 Å². The Morgan fingerprint density at radius 1 is 1.06 bits per heavy atom. The molecule has 16 heavy (non-hydrogen) atoms. The Hall–Kier alpha value is -0.990. The zero-order valence-corrected chi connectivity index (χ0v) is 10.4. The van der Waals surface area contributed by atoms with Crippen LogP contribution in [0, 0.1) is 0 Å². The zero-order valence-electron chi connectivity index (χ0n) is 10.4. The summed E-state index contributed by atoms with van der Waals surface area (Å²) in [5.74, 6) is 0. The minimum absolute atomic E-state index is 0.144. The molecule has 0 saturated heterocycles. The average molecular weight is 222 g/mol. The number of hydrogen-bond donors (Lipinski definition) is 1. The number of aromatic nitrogens is 2. The van der Waals surface area contributed by atoms with Crippen LogP contribution in [0.25, 0.3) is 0 Å². The molecule has 3 nitrogen and oxygen atoms in total. The summed E-state index contributed by atoms with van der Waals surface area (Å²) in [6.45, 7) is 4.26. The lowest BCUT2D eigenvalue weighted by Crippen LogP contribution is -2.10. The summed E-state index contributed by atoms with van der Waals surface area (Å²) >= 11 is 0. The van der Waals surface area contributed by atoms with E-state index >= 15 is 0 Å². The fourth-order valence-corrected chi connectivity index (χ4v) is 2.62. The largest absolute Gasteiger partial charge is 0.286 e. The van der Waals surface area contributed by atoms with Gasteiger partial charge in [-0.05, 0) is 39.5 Å². The number of nitrogens with one attached hydrogen (secondary N) is 1. The third-order valence-electron chi connectivity index (χ3n) is 3.49. The molecule has 0 saturated carbocycles. The van der Waals surface area contributed by atoms with Crippen molar-refractivity contribution in [2.24, 2.45) is 0 Å². The fraction of sp³-hybridized carbons (Fsp3) is 0.769. The normalized spacial score (nSPS) is 17.7. The van der Waals surface area contributed by atoms with E-state index in [1.165, 1.54) is 31.4 Å². The quantitative estimate of drug-likeness (QED) is 0.779. The van der Waals surface area contributed by atoms with Gasteiger partial charge >= 0.3 is 0 Å². The van der Waals surface area contributed by atoms with E-state index in [0.29, 0.717) is 6.04 Å². The molecule has 1 aromatic heterocycles. The minimum atomic E-state index is 0.144. The number of fused-ring (bicyclic) bond motifs is 1. The van der Waals surface area contributed by atoms with E-state index in [2.05, 4.69) is 23.6 Å². The van der Waals surface area contributed by atoms with Gasteiger partial charge in [0.1, 0.15) is 0 Å². The fourth-order valence-electron chi connectivity index (χ4n) is 2.62. The van der Waals surface area contributed by atoms with Crippen LogP contribution in [0.3, 0.4) is 0 Å². The van der Waals surface area contributed by atoms with E-state index in [-0.39, 0.29) is 5.56 Å². The highest BCUT2D eigenvalue weighted by molar-refractivity contribution is 5.19. The van der Waals surface area contributed by atoms with Gasteiger partial charge in [0.2, 0.25) is 0 Å². The second-order valence-corrected chi connectivity index (χ2v) is 5.10. The summed E-state index contributed by atoms with van der Waals surface area (Å²) in [7, 11) is 0. The Bertz CT molecular complexity index is 401. The van der Waals surface area contributed by atoms with Crippen molar-refractivity contribution in [1.29, 1.82) is 0 Å². The minimum Gasteiger partial charge on any atom is -0.286 e. The summed E-state index contributed by atoms with van der Waals surface area (Å²) in [5.41, 5.74) is 2.46. The van der Waals surface area contributed by atoms with Crippen molar-refractivity contribution in [1.82, 2.24) is 9.78 Å². The van der Waals surface area contributed by atoms with Crippen LogP contribution in [0.2, 0.25) is 0 Å². The van der Waals surface area contributed by atoms with Crippen molar-refractivity contribution in [2.45, 2.75) is 64.8 Å². The molecule has 0 radical (unpaired) electrons. The molecule has 1 heterocycles. The molecule has 0 bridgehead atoms. The van der Waals surface area contributed by atoms with Gasteiger partial charge in [0, 0.05) is 17.3 Å². The highest BCUT2D eigenvalue weighted by Gasteiger charge is 2.16. The summed E-state index contributed by atoms with van der Waals surface area (Å²) in [5, 5.41) is 2.99. The smallest absolute Gasteiger partial charge is 0.267 e. The van der Waals surface area contributed by atoms with Crippen LogP contribution in [0.4, 0.5) is 0 Å². The van der Waals surface area contributed by atoms with Crippen LogP contribution in [-0.2, 0) is 12.8 Å². The van der Waals surface area contributed by atoms with Crippen molar-refractivity contribution < 1.29 is 0 Å². The molecule has 1 N–H and O–H groups in total. The number of rotatable bonds is 1. The number of hydrogen-bond acceptors (Lipinski definition) is 1. The van der Waals surface area contributed by atoms with Crippen molar-refractivity contribution in [3.05, 3.63) is 21.6 Å². The maximum Gasteiger partial charge on any atom is 0.267 e. The number of nitrogens with zero attached hydrogens (tertiary/aromatic N) is 1. The molecular weight excluding hydrogens is 200 g/mol. The summed E-state index contributed by atoms with van der Waals surface area (Å²) in [6, 6.07) is 0.359. The summed E-state index contributed by atoms with van der Waals surface area (Å²) in [4.78, 5) is 11.9. The van der Waals surface area contributed by atoms with E-state index in [9.17, 15) is 4.79 Å². The van der Waals surface area contributed by atoms with Crippen LogP contribution in [0.5, 0.6) is 0 Å². The van der Waals surface area contributed by atoms with E-state index in [0.717, 1.165) is 24.8 Å². The molecule has 0 fully saturated rings. The molecule has 0 atom stereocenters. The monoisotopic (exact) mass is 222 g/mol. The van der Waals surface area contributed by atoms with E-state index in [4.69, 9.17) is 0 Å². The molecule has 2 rings (SSSR count). The Morgan fingerprint density at radius 2 is 1.69 bits per heavy atom. The lowest BCUT2D eigenvalue weighted by atomic mass is 10.1. The van der Waals surface area contributed by atoms with Crippen LogP contribution in [-0.4, -0.2) is 9.78 Å². The Morgan fingerprint density at radius 3 is 2.38 bits per heavy atom. The zero-order chi connectivity index (χ0) is 11.5. The first-order valence-corrected chi connectivity index (χ1v) is 6.52. The first-order valence-electron chi connectivity index (χ1n) is 6.52. The lowest BCUT2D eigenvalue weighted by Gasteiger charge is -2.12. The lowest BCUT2D eigenvalue weighted by molar-refractivity contribution is 0.498. The van der Waals surface area contributed by atoms with Gasteiger partial charge in [-0.1, -0.05) is 19.3 Å². The van der Waals surface area contributed by atoms with Gasteiger partial charge in [-0.15, -0.1) is 0 Å². The SMILES string of the molecule is CC(C)n1[nH]c(=O)c2c1CCCCCCC2. The third kappa shape index (κ3) is 2.23. The topological polar surface area (TPSA) is 37.8 Å². The van der Waals surface area contributed by atoms with E-state index in [1.54, 1.807) is 0 Å². The first-order chi connectivity index (χ1) is 7.70. The van der Waals surface area contributed by atoms with E-state index in [1.807, 2.05) is 0 Å². The Kier molecular flexibility index (Phi) is 3.52. The van der Waals surface area contributed by atoms with Gasteiger partial charge < -0.3 is 0 Å². The van der Waals surface area contributed by atoms with Gasteiger partial charge in [0.05, 0.1) is 0 Å². The molecule has 1 aliphatic carbocycles. The second-order valence-electron chi connectivity index (χ2n) is 5.10. The Balaban J connectivity index is 2.38. The number of aromatic amines is 1. The Labute approximate surface area is 96.8 Å². The molecule has 0 aromatic carbocycles.